The summed E-state index contributed by atoms with van der Waals surface area (Å²) in [7, 11) is 9.33. The molecule has 0 spiro atoms. The Labute approximate surface area is 222 Å². The number of hydrogen-bond donors (Lipinski definition) is 2. The fourth-order valence-electron chi connectivity index (χ4n) is 3.73. The van der Waals surface area contributed by atoms with Crippen molar-refractivity contribution >= 4 is 29.3 Å². The summed E-state index contributed by atoms with van der Waals surface area (Å²) in [6.45, 7) is 0. The highest BCUT2D eigenvalue weighted by atomic mass is 16.5. The summed E-state index contributed by atoms with van der Waals surface area (Å²) in [4.78, 5) is 12.7. The average molecular weight is 521 g/mol. The van der Waals surface area contributed by atoms with Crippen molar-refractivity contribution in [2.24, 2.45) is 0 Å². The Balaban J connectivity index is 1.92. The van der Waals surface area contributed by atoms with Crippen molar-refractivity contribution in [3.8, 4) is 34.5 Å². The van der Waals surface area contributed by atoms with E-state index in [9.17, 15) is 4.79 Å². The molecule has 0 aliphatic rings. The lowest BCUT2D eigenvalue weighted by molar-refractivity contribution is 0.104. The van der Waals surface area contributed by atoms with Crippen LogP contribution in [0.25, 0.3) is 12.2 Å². The quantitative estimate of drug-likeness (QED) is 0.142. The van der Waals surface area contributed by atoms with E-state index in [1.54, 1.807) is 66.0 Å². The summed E-state index contributed by atoms with van der Waals surface area (Å²) in [5.74, 6) is 2.96. The maximum atomic E-state index is 12.7. The Bertz CT molecular complexity index is 1320. The Morgan fingerprint density at radius 1 is 0.711 bits per heavy atom. The van der Waals surface area contributed by atoms with Crippen LogP contribution in [-0.4, -0.2) is 48.4 Å². The van der Waals surface area contributed by atoms with Crippen LogP contribution in [-0.2, 0) is 0 Å². The average Bonchev–Trinajstić information content (AvgIpc) is 2.95. The van der Waals surface area contributed by atoms with E-state index < -0.39 is 0 Å². The fourth-order valence-corrected chi connectivity index (χ4v) is 3.73. The molecule has 200 valence electrons. The number of carbonyl (C=O) groups excluding carboxylic acids is 1. The van der Waals surface area contributed by atoms with Gasteiger partial charge < -0.3 is 39.5 Å². The second-order valence-corrected chi connectivity index (χ2v) is 7.89. The normalized spacial score (nSPS) is 10.9. The van der Waals surface area contributed by atoms with E-state index in [1.807, 2.05) is 30.4 Å². The van der Waals surface area contributed by atoms with Crippen molar-refractivity contribution < 1.29 is 33.2 Å². The summed E-state index contributed by atoms with van der Waals surface area (Å²) in [5.41, 5.74) is 9.05. The third-order valence-corrected chi connectivity index (χ3v) is 5.69. The van der Waals surface area contributed by atoms with E-state index in [2.05, 4.69) is 5.32 Å². The van der Waals surface area contributed by atoms with E-state index in [0.717, 1.165) is 11.1 Å². The number of anilines is 2. The van der Waals surface area contributed by atoms with Gasteiger partial charge in [0.25, 0.3) is 0 Å². The minimum Gasteiger partial charge on any atom is -0.495 e. The molecule has 0 aromatic heterocycles. The van der Waals surface area contributed by atoms with Crippen LogP contribution in [0, 0.1) is 0 Å². The number of nitrogen functional groups attached to an aromatic ring is 1. The summed E-state index contributed by atoms with van der Waals surface area (Å²) >= 11 is 0. The van der Waals surface area contributed by atoms with Gasteiger partial charge >= 0.3 is 0 Å². The molecule has 9 heteroatoms. The van der Waals surface area contributed by atoms with Crippen molar-refractivity contribution in [2.75, 3.05) is 53.7 Å². The van der Waals surface area contributed by atoms with Gasteiger partial charge in [-0.15, -0.1) is 0 Å². The number of hydrogen-bond acceptors (Lipinski definition) is 9. The fraction of sp³-hybridized carbons (Fsp3) is 0.207. The molecule has 0 saturated carbocycles. The highest BCUT2D eigenvalue weighted by Gasteiger charge is 2.13. The molecule has 9 nitrogen and oxygen atoms in total. The van der Waals surface area contributed by atoms with Crippen LogP contribution in [0.1, 0.15) is 21.5 Å². The Hall–Kier alpha value is -4.79. The number of methoxy groups -OCH3 is 6. The van der Waals surface area contributed by atoms with Crippen LogP contribution in [0.4, 0.5) is 11.4 Å². The first-order valence-electron chi connectivity index (χ1n) is 11.5. The molecule has 0 unspecified atom stereocenters. The van der Waals surface area contributed by atoms with E-state index >= 15 is 0 Å². The first kappa shape index (κ1) is 27.8. The minimum absolute atomic E-state index is 0.221. The number of nitrogens with two attached hydrogens (primary N) is 1. The number of benzene rings is 3. The predicted octanol–water partition coefficient (Wildman–Crippen LogP) is 5.30. The van der Waals surface area contributed by atoms with Gasteiger partial charge in [0, 0.05) is 35.2 Å². The molecular weight excluding hydrogens is 488 g/mol. The number of carbonyl (C=O) groups is 1. The molecule has 0 heterocycles. The van der Waals surface area contributed by atoms with Crippen LogP contribution < -0.4 is 39.5 Å². The third-order valence-electron chi connectivity index (χ3n) is 5.69. The van der Waals surface area contributed by atoms with Crippen molar-refractivity contribution in [3.63, 3.8) is 0 Å². The van der Waals surface area contributed by atoms with Gasteiger partial charge in [0.1, 0.15) is 5.75 Å². The Morgan fingerprint density at radius 3 is 1.87 bits per heavy atom. The lowest BCUT2D eigenvalue weighted by Crippen LogP contribution is -2.00. The summed E-state index contributed by atoms with van der Waals surface area (Å²) < 4.78 is 32.4. The van der Waals surface area contributed by atoms with Crippen LogP contribution >= 0.6 is 0 Å². The standard InChI is InChI=1S/C29H32N2O7/c1-33-24-10-9-20(15-21(24)30)23(32)11-12-31-22-17-26(35-3)25(34-2)16-19(22)8-7-18-13-27(36-4)29(38-6)28(14-18)37-5/h7-17,31H,30H2,1-6H3. The number of ether oxygens (including phenoxy) is 6. The zero-order chi connectivity index (χ0) is 27.7. The van der Waals surface area contributed by atoms with E-state index in [4.69, 9.17) is 34.2 Å². The van der Waals surface area contributed by atoms with Crippen molar-refractivity contribution in [1.29, 1.82) is 0 Å². The molecule has 0 saturated heterocycles. The minimum atomic E-state index is -0.221. The SMILES string of the molecule is COc1ccc(C(=O)C=CNc2cc(OC)c(OC)cc2C=Cc2cc(OC)c(OC)c(OC)c2)cc1N. The largest absolute Gasteiger partial charge is 0.495 e. The number of nitrogens with one attached hydrogen (secondary N) is 1. The van der Waals surface area contributed by atoms with Crippen molar-refractivity contribution in [2.45, 2.75) is 0 Å². The molecule has 3 aromatic carbocycles. The van der Waals surface area contributed by atoms with Crippen molar-refractivity contribution in [3.05, 3.63) is 71.4 Å². The molecule has 0 amide bonds. The van der Waals surface area contributed by atoms with Gasteiger partial charge in [-0.3, -0.25) is 4.79 Å². The van der Waals surface area contributed by atoms with Crippen LogP contribution in [0.2, 0.25) is 0 Å². The maximum Gasteiger partial charge on any atom is 0.203 e. The topological polar surface area (TPSA) is 111 Å². The highest BCUT2D eigenvalue weighted by Crippen LogP contribution is 2.39. The smallest absolute Gasteiger partial charge is 0.203 e. The van der Waals surface area contributed by atoms with Crippen LogP contribution in [0.3, 0.4) is 0 Å². The summed E-state index contributed by atoms with van der Waals surface area (Å²) in [5, 5.41) is 3.16. The van der Waals surface area contributed by atoms with Gasteiger partial charge in [-0.1, -0.05) is 12.2 Å². The lowest BCUT2D eigenvalue weighted by Gasteiger charge is -2.14. The van der Waals surface area contributed by atoms with Gasteiger partial charge in [0.05, 0.1) is 48.3 Å². The zero-order valence-corrected chi connectivity index (χ0v) is 22.3. The molecule has 0 aliphatic heterocycles. The third kappa shape index (κ3) is 6.31. The summed E-state index contributed by atoms with van der Waals surface area (Å²) in [6, 6.07) is 12.2. The number of rotatable bonds is 12. The van der Waals surface area contributed by atoms with Gasteiger partial charge in [-0.05, 0) is 42.0 Å². The Morgan fingerprint density at radius 2 is 1.32 bits per heavy atom. The zero-order valence-electron chi connectivity index (χ0n) is 22.3. The molecule has 3 rings (SSSR count). The highest BCUT2D eigenvalue weighted by molar-refractivity contribution is 6.05. The van der Waals surface area contributed by atoms with Gasteiger partial charge in [-0.25, -0.2) is 0 Å². The first-order chi connectivity index (χ1) is 18.4. The molecule has 3 aromatic rings. The van der Waals surface area contributed by atoms with Crippen molar-refractivity contribution in [1.82, 2.24) is 0 Å². The molecule has 0 radical (unpaired) electrons. The molecule has 0 bridgehead atoms. The summed E-state index contributed by atoms with van der Waals surface area (Å²) in [6.07, 6.45) is 6.77. The first-order valence-corrected chi connectivity index (χ1v) is 11.5. The van der Waals surface area contributed by atoms with Crippen LogP contribution in [0.5, 0.6) is 34.5 Å². The monoisotopic (exact) mass is 520 g/mol. The second kappa shape index (κ2) is 13.0. The molecule has 0 fully saturated rings. The van der Waals surface area contributed by atoms with E-state index in [-0.39, 0.29) is 5.78 Å². The molecule has 0 aliphatic carbocycles. The predicted molar refractivity (Wildman–Crippen MR) is 149 cm³/mol. The van der Waals surface area contributed by atoms with E-state index in [1.165, 1.54) is 13.2 Å². The molecule has 3 N–H and O–H groups in total. The molecular formula is C29H32N2O7. The van der Waals surface area contributed by atoms with Gasteiger partial charge in [0.2, 0.25) is 5.75 Å². The van der Waals surface area contributed by atoms with Gasteiger partial charge in [-0.2, -0.15) is 0 Å². The van der Waals surface area contributed by atoms with Crippen LogP contribution in [0.15, 0.2) is 54.7 Å². The lowest BCUT2D eigenvalue weighted by atomic mass is 10.1. The maximum absolute atomic E-state index is 12.7. The number of allylic oxidation sites excluding steroid dienone is 1. The second-order valence-electron chi connectivity index (χ2n) is 7.89. The Kier molecular flexibility index (Phi) is 9.48. The molecule has 38 heavy (non-hydrogen) atoms. The number of ketones is 1. The molecule has 0 atom stereocenters. The van der Waals surface area contributed by atoms with Gasteiger partial charge in [0.15, 0.2) is 28.8 Å². The van der Waals surface area contributed by atoms with E-state index in [0.29, 0.717) is 51.4 Å².